The Hall–Kier alpha value is -2.79. The molecule has 0 saturated heterocycles. The molecule has 4 rings (SSSR count). The summed E-state index contributed by atoms with van der Waals surface area (Å²) >= 11 is 18.4. The van der Waals surface area contributed by atoms with Crippen LogP contribution in [0.15, 0.2) is 66.7 Å². The molecule has 0 fully saturated rings. The number of ketones is 1. The Morgan fingerprint density at radius 2 is 1.55 bits per heavy atom. The van der Waals surface area contributed by atoms with Crippen LogP contribution in [0.4, 0.5) is 0 Å². The zero-order valence-corrected chi connectivity index (χ0v) is 18.6. The lowest BCUT2D eigenvalue weighted by Gasteiger charge is -2.12. The van der Waals surface area contributed by atoms with E-state index in [1.165, 1.54) is 0 Å². The molecular weight excluding hydrogens is 457 g/mol. The van der Waals surface area contributed by atoms with E-state index in [0.29, 0.717) is 37.2 Å². The SMILES string of the molecule is CCOC(=O)c1c(C(=O)c2cccc(Cl)c2)c2ccc(Cl)cc2n1-c1ccc(Cl)cc1. The molecule has 31 heavy (non-hydrogen) atoms. The van der Waals surface area contributed by atoms with Gasteiger partial charge in [0.05, 0.1) is 17.7 Å². The molecule has 3 aromatic carbocycles. The molecule has 4 aromatic rings. The molecule has 0 radical (unpaired) electrons. The monoisotopic (exact) mass is 471 g/mol. The number of aromatic nitrogens is 1. The molecular formula is C24H16Cl3NO3. The molecule has 4 nitrogen and oxygen atoms in total. The first-order valence-electron chi connectivity index (χ1n) is 9.48. The normalized spacial score (nSPS) is 11.0. The summed E-state index contributed by atoms with van der Waals surface area (Å²) in [6.07, 6.45) is 0. The van der Waals surface area contributed by atoms with Crippen molar-refractivity contribution in [3.05, 3.63) is 98.6 Å². The fraction of sp³-hybridized carbons (Fsp3) is 0.0833. The van der Waals surface area contributed by atoms with Crippen molar-refractivity contribution < 1.29 is 14.3 Å². The third-order valence-corrected chi connectivity index (χ3v) is 5.52. The van der Waals surface area contributed by atoms with Gasteiger partial charge in [0, 0.05) is 31.7 Å². The number of hydrogen-bond acceptors (Lipinski definition) is 3. The smallest absolute Gasteiger partial charge is 0.356 e. The Bertz CT molecular complexity index is 1310. The minimum absolute atomic E-state index is 0.117. The number of fused-ring (bicyclic) bond motifs is 1. The van der Waals surface area contributed by atoms with Gasteiger partial charge in [-0.3, -0.25) is 4.79 Å². The fourth-order valence-corrected chi connectivity index (χ4v) is 4.00. The molecule has 0 bridgehead atoms. The number of benzene rings is 3. The summed E-state index contributed by atoms with van der Waals surface area (Å²) in [6.45, 7) is 1.87. The molecule has 0 aliphatic rings. The topological polar surface area (TPSA) is 48.3 Å². The lowest BCUT2D eigenvalue weighted by molar-refractivity contribution is 0.0514. The van der Waals surface area contributed by atoms with E-state index in [0.717, 1.165) is 0 Å². The third-order valence-electron chi connectivity index (χ3n) is 4.80. The van der Waals surface area contributed by atoms with Gasteiger partial charge in [-0.05, 0) is 55.5 Å². The number of halogens is 3. The molecule has 0 saturated carbocycles. The standard InChI is InChI=1S/C24H16Cl3NO3/c1-2-31-24(30)22-21(23(29)14-4-3-5-16(26)12-14)19-11-8-17(27)13-20(19)28(22)18-9-6-15(25)7-10-18/h3-13H,2H2,1H3. The van der Waals surface area contributed by atoms with Gasteiger partial charge in [-0.15, -0.1) is 0 Å². The van der Waals surface area contributed by atoms with E-state index >= 15 is 0 Å². The zero-order chi connectivity index (χ0) is 22.1. The summed E-state index contributed by atoms with van der Waals surface area (Å²) in [7, 11) is 0. The Kier molecular flexibility index (Phi) is 6.05. The molecule has 1 aromatic heterocycles. The Morgan fingerprint density at radius 1 is 0.871 bits per heavy atom. The van der Waals surface area contributed by atoms with Crippen LogP contribution in [0.2, 0.25) is 15.1 Å². The summed E-state index contributed by atoms with van der Waals surface area (Å²) in [4.78, 5) is 26.7. The van der Waals surface area contributed by atoms with E-state index in [4.69, 9.17) is 39.5 Å². The fourth-order valence-electron chi connectivity index (χ4n) is 3.52. The van der Waals surface area contributed by atoms with Crippen LogP contribution in [0.5, 0.6) is 0 Å². The Labute approximate surface area is 193 Å². The van der Waals surface area contributed by atoms with Crippen molar-refractivity contribution in [1.29, 1.82) is 0 Å². The van der Waals surface area contributed by atoms with Crippen LogP contribution in [0.3, 0.4) is 0 Å². The highest BCUT2D eigenvalue weighted by atomic mass is 35.5. The van der Waals surface area contributed by atoms with Crippen LogP contribution in [-0.2, 0) is 4.74 Å². The van der Waals surface area contributed by atoms with Gasteiger partial charge in [-0.1, -0.05) is 53.0 Å². The molecule has 0 aliphatic carbocycles. The van der Waals surface area contributed by atoms with Crippen LogP contribution in [0.1, 0.15) is 33.3 Å². The van der Waals surface area contributed by atoms with E-state index in [9.17, 15) is 9.59 Å². The van der Waals surface area contributed by atoms with Crippen molar-refractivity contribution >= 4 is 57.5 Å². The van der Waals surface area contributed by atoms with Gasteiger partial charge in [0.1, 0.15) is 5.69 Å². The minimum Gasteiger partial charge on any atom is -0.461 e. The van der Waals surface area contributed by atoms with E-state index in [2.05, 4.69) is 0 Å². The molecule has 156 valence electrons. The zero-order valence-electron chi connectivity index (χ0n) is 16.4. The Morgan fingerprint density at radius 3 is 2.23 bits per heavy atom. The van der Waals surface area contributed by atoms with E-state index in [1.807, 2.05) is 0 Å². The number of nitrogens with zero attached hydrogens (tertiary/aromatic N) is 1. The molecule has 0 spiro atoms. The van der Waals surface area contributed by atoms with Crippen LogP contribution in [-0.4, -0.2) is 22.9 Å². The molecule has 0 aliphatic heterocycles. The number of carbonyl (C=O) groups is 2. The first-order valence-corrected chi connectivity index (χ1v) is 10.6. The predicted molar refractivity (Wildman–Crippen MR) is 124 cm³/mol. The maximum absolute atomic E-state index is 13.6. The largest absolute Gasteiger partial charge is 0.461 e. The second-order valence-electron chi connectivity index (χ2n) is 6.76. The molecule has 0 unspecified atom stereocenters. The first kappa shape index (κ1) is 21.4. The number of esters is 1. The molecule has 0 amide bonds. The highest BCUT2D eigenvalue weighted by Gasteiger charge is 2.29. The summed E-state index contributed by atoms with van der Waals surface area (Å²) in [5.74, 6) is -0.958. The highest BCUT2D eigenvalue weighted by Crippen LogP contribution is 2.34. The van der Waals surface area contributed by atoms with Gasteiger partial charge < -0.3 is 9.30 Å². The highest BCUT2D eigenvalue weighted by molar-refractivity contribution is 6.33. The van der Waals surface area contributed by atoms with Crippen molar-refractivity contribution in [3.8, 4) is 5.69 Å². The van der Waals surface area contributed by atoms with E-state index in [-0.39, 0.29) is 23.6 Å². The third kappa shape index (κ3) is 4.07. The van der Waals surface area contributed by atoms with Crippen LogP contribution < -0.4 is 0 Å². The average molecular weight is 473 g/mol. The minimum atomic E-state index is -0.616. The number of carbonyl (C=O) groups excluding carboxylic acids is 2. The predicted octanol–water partition coefficient (Wildman–Crippen LogP) is 7.00. The maximum atomic E-state index is 13.6. The van der Waals surface area contributed by atoms with Crippen LogP contribution >= 0.6 is 34.8 Å². The van der Waals surface area contributed by atoms with Crippen molar-refractivity contribution in [2.45, 2.75) is 6.92 Å². The van der Waals surface area contributed by atoms with Gasteiger partial charge in [0.2, 0.25) is 0 Å². The second kappa shape index (κ2) is 8.75. The second-order valence-corrected chi connectivity index (χ2v) is 8.07. The van der Waals surface area contributed by atoms with Gasteiger partial charge >= 0.3 is 5.97 Å². The summed E-state index contributed by atoms with van der Waals surface area (Å²) in [6, 6.07) is 18.7. The lowest BCUT2D eigenvalue weighted by atomic mass is 10.00. The van der Waals surface area contributed by atoms with Gasteiger partial charge in [0.15, 0.2) is 5.78 Å². The van der Waals surface area contributed by atoms with E-state index in [1.54, 1.807) is 78.2 Å². The molecule has 1 heterocycles. The Balaban J connectivity index is 2.09. The van der Waals surface area contributed by atoms with Gasteiger partial charge in [0.25, 0.3) is 0 Å². The summed E-state index contributed by atoms with van der Waals surface area (Å²) in [5.41, 5.74) is 1.95. The molecule has 0 atom stereocenters. The quantitative estimate of drug-likeness (QED) is 0.232. The van der Waals surface area contributed by atoms with Crippen LogP contribution in [0.25, 0.3) is 16.6 Å². The maximum Gasteiger partial charge on any atom is 0.356 e. The van der Waals surface area contributed by atoms with Gasteiger partial charge in [-0.25, -0.2) is 4.79 Å². The van der Waals surface area contributed by atoms with Crippen molar-refractivity contribution in [2.75, 3.05) is 6.61 Å². The van der Waals surface area contributed by atoms with Crippen LogP contribution in [0, 0.1) is 0 Å². The van der Waals surface area contributed by atoms with E-state index < -0.39 is 5.97 Å². The number of hydrogen-bond donors (Lipinski definition) is 0. The number of ether oxygens (including phenoxy) is 1. The summed E-state index contributed by atoms with van der Waals surface area (Å²) < 4.78 is 7.00. The molecule has 7 heteroatoms. The first-order chi connectivity index (χ1) is 14.9. The van der Waals surface area contributed by atoms with Crippen molar-refractivity contribution in [2.24, 2.45) is 0 Å². The lowest BCUT2D eigenvalue weighted by Crippen LogP contribution is -2.16. The van der Waals surface area contributed by atoms with Crippen molar-refractivity contribution in [3.63, 3.8) is 0 Å². The molecule has 0 N–H and O–H groups in total. The average Bonchev–Trinajstić information content (AvgIpc) is 3.08. The van der Waals surface area contributed by atoms with Crippen molar-refractivity contribution in [1.82, 2.24) is 4.57 Å². The van der Waals surface area contributed by atoms with Gasteiger partial charge in [-0.2, -0.15) is 0 Å². The summed E-state index contributed by atoms with van der Waals surface area (Å²) in [5, 5.41) is 2.02. The number of rotatable bonds is 5.